The van der Waals surface area contributed by atoms with Gasteiger partial charge in [0, 0.05) is 35.3 Å². The molecule has 31 heavy (non-hydrogen) atoms. The summed E-state index contributed by atoms with van der Waals surface area (Å²) >= 11 is 0. The van der Waals surface area contributed by atoms with Gasteiger partial charge >= 0.3 is 0 Å². The highest BCUT2D eigenvalue weighted by Crippen LogP contribution is 2.23. The summed E-state index contributed by atoms with van der Waals surface area (Å²) < 4.78 is 0. The molecule has 0 amide bonds. The van der Waals surface area contributed by atoms with E-state index in [1.54, 1.807) is 19.1 Å². The number of anilines is 1. The number of benzene rings is 1. The highest BCUT2D eigenvalue weighted by Gasteiger charge is 2.17. The minimum absolute atomic E-state index is 0.373. The average Bonchev–Trinajstić information content (AvgIpc) is 2.77. The zero-order valence-electron chi connectivity index (χ0n) is 19.2. The molecule has 1 aromatic heterocycles. The fourth-order valence-corrected chi connectivity index (χ4v) is 4.31. The normalized spacial score (nSPS) is 16.0. The van der Waals surface area contributed by atoms with E-state index in [4.69, 9.17) is 15.8 Å². The summed E-state index contributed by atoms with van der Waals surface area (Å²) in [5.74, 6) is 0.751. The van der Waals surface area contributed by atoms with Crippen molar-refractivity contribution in [2.75, 3.05) is 11.9 Å². The number of nitrogens with one attached hydrogen (secondary N) is 4. The molecular weight excluding hydrogens is 382 g/mol. The maximum absolute atomic E-state index is 8.54. The quantitative estimate of drug-likeness (QED) is 0.356. The lowest BCUT2D eigenvalue weighted by atomic mass is 9.94. The molecule has 0 spiro atoms. The first-order valence-corrected chi connectivity index (χ1v) is 11.7. The van der Waals surface area contributed by atoms with Gasteiger partial charge in [-0.25, -0.2) is 4.98 Å². The second-order valence-electron chi connectivity index (χ2n) is 8.83. The van der Waals surface area contributed by atoms with Crippen molar-refractivity contribution in [2.45, 2.75) is 77.8 Å². The Morgan fingerprint density at radius 1 is 1.16 bits per heavy atom. The Hall–Kier alpha value is -2.53. The molecule has 5 heteroatoms. The van der Waals surface area contributed by atoms with Crippen molar-refractivity contribution < 1.29 is 0 Å². The lowest BCUT2D eigenvalue weighted by Crippen LogP contribution is -2.40. The van der Waals surface area contributed by atoms with Crippen molar-refractivity contribution in [3.05, 3.63) is 47.5 Å². The third-order valence-electron chi connectivity index (χ3n) is 6.12. The molecule has 166 valence electrons. The van der Waals surface area contributed by atoms with Crippen molar-refractivity contribution >= 4 is 28.1 Å². The van der Waals surface area contributed by atoms with Crippen LogP contribution < -0.4 is 10.6 Å². The van der Waals surface area contributed by atoms with Crippen LogP contribution in [-0.2, 0) is 0 Å². The van der Waals surface area contributed by atoms with Crippen LogP contribution in [0.2, 0.25) is 0 Å². The number of aromatic nitrogens is 1. The molecule has 3 rings (SSSR count). The fourth-order valence-electron chi connectivity index (χ4n) is 4.31. The van der Waals surface area contributed by atoms with E-state index < -0.39 is 0 Å². The predicted molar refractivity (Wildman–Crippen MR) is 133 cm³/mol. The Labute approximate surface area is 186 Å². The molecule has 1 aliphatic rings. The standard InChI is InChI=1S/C26H37N5/c1-4-21(30-22-8-6-5-7-9-22)14-15-29-26-23(24(28)12-11-19(3)27)17-20-16-18(2)10-13-25(20)31-26/h10-13,16-17,21-22,27-28,30H,4-9,14-15H2,1-3H3,(H,29,31)/b12-11-,27-19?,28-24?. The summed E-state index contributed by atoms with van der Waals surface area (Å²) in [5.41, 5.74) is 3.70. The highest BCUT2D eigenvalue weighted by atomic mass is 15.0. The van der Waals surface area contributed by atoms with Gasteiger partial charge in [-0.2, -0.15) is 0 Å². The first-order chi connectivity index (χ1) is 15.0. The maximum Gasteiger partial charge on any atom is 0.136 e. The minimum atomic E-state index is 0.373. The van der Waals surface area contributed by atoms with Crippen LogP contribution in [0.5, 0.6) is 0 Å². The third-order valence-corrected chi connectivity index (χ3v) is 6.12. The molecule has 1 aliphatic carbocycles. The third kappa shape index (κ3) is 6.73. The maximum atomic E-state index is 8.54. The van der Waals surface area contributed by atoms with Gasteiger partial charge in [0.1, 0.15) is 5.82 Å². The number of rotatable bonds is 10. The molecule has 0 saturated heterocycles. The van der Waals surface area contributed by atoms with Crippen LogP contribution in [-0.4, -0.2) is 35.0 Å². The zero-order valence-corrected chi connectivity index (χ0v) is 19.2. The number of nitrogens with zero attached hydrogens (tertiary/aromatic N) is 1. The minimum Gasteiger partial charge on any atom is -0.369 e. The molecule has 1 fully saturated rings. The lowest BCUT2D eigenvalue weighted by molar-refractivity contribution is 0.325. The van der Waals surface area contributed by atoms with E-state index in [1.807, 2.05) is 12.1 Å². The number of allylic oxidation sites excluding steroid dienone is 2. The number of aryl methyl sites for hydroxylation is 1. The van der Waals surface area contributed by atoms with Gasteiger partial charge < -0.3 is 21.5 Å². The highest BCUT2D eigenvalue weighted by molar-refractivity contribution is 6.13. The van der Waals surface area contributed by atoms with Gasteiger partial charge in [0.15, 0.2) is 0 Å². The van der Waals surface area contributed by atoms with Crippen molar-refractivity contribution in [3.63, 3.8) is 0 Å². The predicted octanol–water partition coefficient (Wildman–Crippen LogP) is 6.01. The second-order valence-corrected chi connectivity index (χ2v) is 8.83. The summed E-state index contributed by atoms with van der Waals surface area (Å²) in [4.78, 5) is 4.84. The number of fused-ring (bicyclic) bond motifs is 1. The number of hydrogen-bond donors (Lipinski definition) is 4. The second kappa shape index (κ2) is 11.2. The smallest absolute Gasteiger partial charge is 0.136 e. The van der Waals surface area contributed by atoms with Gasteiger partial charge in [-0.1, -0.05) is 37.8 Å². The van der Waals surface area contributed by atoms with E-state index >= 15 is 0 Å². The van der Waals surface area contributed by atoms with Crippen LogP contribution >= 0.6 is 0 Å². The van der Waals surface area contributed by atoms with Gasteiger partial charge in [-0.05, 0) is 69.9 Å². The topological polar surface area (TPSA) is 84.7 Å². The Balaban J connectivity index is 1.74. The molecule has 2 aromatic rings. The molecule has 1 heterocycles. The largest absolute Gasteiger partial charge is 0.369 e. The lowest BCUT2D eigenvalue weighted by Gasteiger charge is -2.28. The molecule has 1 saturated carbocycles. The average molecular weight is 420 g/mol. The Morgan fingerprint density at radius 3 is 2.65 bits per heavy atom. The van der Waals surface area contributed by atoms with E-state index in [9.17, 15) is 0 Å². The van der Waals surface area contributed by atoms with Crippen molar-refractivity contribution in [3.8, 4) is 0 Å². The van der Waals surface area contributed by atoms with E-state index in [1.165, 1.54) is 37.7 Å². The summed E-state index contributed by atoms with van der Waals surface area (Å²) in [5, 5.41) is 24.6. The Kier molecular flexibility index (Phi) is 8.35. The van der Waals surface area contributed by atoms with Gasteiger partial charge in [0.2, 0.25) is 0 Å². The van der Waals surface area contributed by atoms with Crippen LogP contribution in [0.4, 0.5) is 5.82 Å². The molecule has 1 unspecified atom stereocenters. The molecule has 1 aromatic carbocycles. The first kappa shape index (κ1) is 23.1. The Bertz CT molecular complexity index is 940. The van der Waals surface area contributed by atoms with E-state index in [2.05, 4.69) is 36.6 Å². The van der Waals surface area contributed by atoms with Gasteiger partial charge in [-0.3, -0.25) is 0 Å². The van der Waals surface area contributed by atoms with Crippen molar-refractivity contribution in [2.24, 2.45) is 0 Å². The fraction of sp³-hybridized carbons (Fsp3) is 0.500. The van der Waals surface area contributed by atoms with E-state index in [-0.39, 0.29) is 0 Å². The SMILES string of the molecule is CCC(CCNc1nc2ccc(C)cc2cc1C(=N)/C=C\C(C)=N)NC1CCCCC1. The molecule has 1 atom stereocenters. The Morgan fingerprint density at radius 2 is 1.94 bits per heavy atom. The summed E-state index contributed by atoms with van der Waals surface area (Å²) in [6, 6.07) is 9.43. The summed E-state index contributed by atoms with van der Waals surface area (Å²) in [7, 11) is 0. The van der Waals surface area contributed by atoms with Crippen molar-refractivity contribution in [1.82, 2.24) is 10.3 Å². The molecular formula is C26H37N5. The van der Waals surface area contributed by atoms with E-state index in [0.29, 0.717) is 23.5 Å². The number of pyridine rings is 1. The summed E-state index contributed by atoms with van der Waals surface area (Å²) in [6.07, 6.45) is 12.2. The summed E-state index contributed by atoms with van der Waals surface area (Å²) in [6.45, 7) is 6.85. The molecule has 0 aliphatic heterocycles. The van der Waals surface area contributed by atoms with Crippen LogP contribution in [0.25, 0.3) is 10.9 Å². The van der Waals surface area contributed by atoms with Gasteiger partial charge in [-0.15, -0.1) is 0 Å². The monoisotopic (exact) mass is 419 g/mol. The van der Waals surface area contributed by atoms with Gasteiger partial charge in [0.25, 0.3) is 0 Å². The molecule has 0 radical (unpaired) electrons. The van der Waals surface area contributed by atoms with Crippen LogP contribution in [0.3, 0.4) is 0 Å². The van der Waals surface area contributed by atoms with Gasteiger partial charge in [0.05, 0.1) is 11.2 Å². The zero-order chi connectivity index (χ0) is 22.2. The molecule has 0 bridgehead atoms. The van der Waals surface area contributed by atoms with Crippen LogP contribution in [0.15, 0.2) is 36.4 Å². The van der Waals surface area contributed by atoms with Crippen LogP contribution in [0.1, 0.15) is 69.9 Å². The molecule has 5 nitrogen and oxygen atoms in total. The van der Waals surface area contributed by atoms with Crippen molar-refractivity contribution in [1.29, 1.82) is 10.8 Å². The first-order valence-electron chi connectivity index (χ1n) is 11.7. The van der Waals surface area contributed by atoms with E-state index in [0.717, 1.165) is 41.7 Å². The molecule has 4 N–H and O–H groups in total. The van der Waals surface area contributed by atoms with Crippen LogP contribution in [0, 0.1) is 17.7 Å². The number of hydrogen-bond acceptors (Lipinski definition) is 5.